The summed E-state index contributed by atoms with van der Waals surface area (Å²) in [5.41, 5.74) is -0.258. The van der Waals surface area contributed by atoms with Crippen molar-refractivity contribution in [3.63, 3.8) is 0 Å². The maximum Gasteiger partial charge on any atom is 0.240 e. The molecule has 2 rings (SSSR count). The van der Waals surface area contributed by atoms with E-state index in [1.54, 1.807) is 15.9 Å². The lowest BCUT2D eigenvalue weighted by molar-refractivity contribution is -0.123. The number of aromatic amines is 1. The van der Waals surface area contributed by atoms with Crippen LogP contribution in [0.5, 0.6) is 0 Å². The number of hydrogen-bond donors (Lipinski definition) is 2. The number of thiophene rings is 1. The molecule has 0 saturated carbocycles. The van der Waals surface area contributed by atoms with Gasteiger partial charge in [0, 0.05) is 5.54 Å². The molecule has 0 atom stereocenters. The standard InChI is InChI=1S/C12H16N4OS2/c1-12(2,3)13-9(17)7-16-10(14-15-11(16)18)8-5-4-6-19-8/h4-6H,7H2,1-3H3,(H,13,17)(H,15,18). The van der Waals surface area contributed by atoms with Gasteiger partial charge in [-0.3, -0.25) is 14.5 Å². The fourth-order valence-electron chi connectivity index (χ4n) is 1.66. The third-order valence-electron chi connectivity index (χ3n) is 2.32. The van der Waals surface area contributed by atoms with Crippen molar-refractivity contribution >= 4 is 29.5 Å². The van der Waals surface area contributed by atoms with Crippen molar-refractivity contribution in [2.45, 2.75) is 32.9 Å². The first-order valence-electron chi connectivity index (χ1n) is 5.87. The molecule has 0 aliphatic heterocycles. The summed E-state index contributed by atoms with van der Waals surface area (Å²) < 4.78 is 2.16. The summed E-state index contributed by atoms with van der Waals surface area (Å²) in [6.45, 7) is 6.00. The molecule has 2 heterocycles. The third-order valence-corrected chi connectivity index (χ3v) is 3.49. The molecule has 0 fully saturated rings. The summed E-state index contributed by atoms with van der Waals surface area (Å²) in [6.07, 6.45) is 0. The Hall–Kier alpha value is -1.47. The van der Waals surface area contributed by atoms with Crippen LogP contribution in [0, 0.1) is 4.77 Å². The molecule has 5 nitrogen and oxygen atoms in total. The van der Waals surface area contributed by atoms with Crippen LogP contribution in [-0.4, -0.2) is 26.2 Å². The Kier molecular flexibility index (Phi) is 3.86. The van der Waals surface area contributed by atoms with Crippen molar-refractivity contribution in [1.82, 2.24) is 20.1 Å². The first kappa shape index (κ1) is 14.0. The second-order valence-corrected chi connectivity index (χ2v) is 6.55. The molecule has 0 aliphatic rings. The van der Waals surface area contributed by atoms with Gasteiger partial charge in [-0.2, -0.15) is 5.10 Å². The highest BCUT2D eigenvalue weighted by molar-refractivity contribution is 7.71. The second-order valence-electron chi connectivity index (χ2n) is 5.21. The number of carbonyl (C=O) groups is 1. The minimum absolute atomic E-state index is 0.0807. The predicted octanol–water partition coefficient (Wildman–Crippen LogP) is 2.58. The maximum absolute atomic E-state index is 12.0. The number of aromatic nitrogens is 3. The monoisotopic (exact) mass is 296 g/mol. The van der Waals surface area contributed by atoms with Crippen molar-refractivity contribution < 1.29 is 4.79 Å². The molecule has 0 aromatic carbocycles. The van der Waals surface area contributed by atoms with Crippen LogP contribution in [0.4, 0.5) is 0 Å². The van der Waals surface area contributed by atoms with Crippen LogP contribution >= 0.6 is 23.6 Å². The number of nitrogens with one attached hydrogen (secondary N) is 2. The molecule has 0 aliphatic carbocycles. The van der Waals surface area contributed by atoms with E-state index in [1.807, 2.05) is 38.3 Å². The van der Waals surface area contributed by atoms with E-state index in [-0.39, 0.29) is 18.0 Å². The Labute approximate surface area is 120 Å². The highest BCUT2D eigenvalue weighted by Crippen LogP contribution is 2.22. The zero-order chi connectivity index (χ0) is 14.0. The Morgan fingerprint density at radius 1 is 1.58 bits per heavy atom. The molecule has 2 N–H and O–H groups in total. The van der Waals surface area contributed by atoms with Gasteiger partial charge in [0.05, 0.1) is 4.88 Å². The average Bonchev–Trinajstić information content (AvgIpc) is 2.87. The Morgan fingerprint density at radius 2 is 2.32 bits per heavy atom. The van der Waals surface area contributed by atoms with E-state index in [0.29, 0.717) is 10.6 Å². The van der Waals surface area contributed by atoms with Crippen LogP contribution in [0.2, 0.25) is 0 Å². The first-order valence-corrected chi connectivity index (χ1v) is 7.16. The summed E-state index contributed by atoms with van der Waals surface area (Å²) in [5.74, 6) is 0.617. The highest BCUT2D eigenvalue weighted by atomic mass is 32.1. The first-order chi connectivity index (χ1) is 8.87. The van der Waals surface area contributed by atoms with Crippen molar-refractivity contribution in [2.75, 3.05) is 0 Å². The second kappa shape index (κ2) is 5.26. The zero-order valence-electron chi connectivity index (χ0n) is 11.1. The topological polar surface area (TPSA) is 62.7 Å². The van der Waals surface area contributed by atoms with E-state index in [1.165, 1.54) is 0 Å². The summed E-state index contributed by atoms with van der Waals surface area (Å²) in [5, 5.41) is 11.8. The minimum atomic E-state index is -0.258. The van der Waals surface area contributed by atoms with Gasteiger partial charge in [-0.25, -0.2) is 0 Å². The van der Waals surface area contributed by atoms with E-state index in [2.05, 4.69) is 15.5 Å². The molecule has 0 radical (unpaired) electrons. The van der Waals surface area contributed by atoms with Crippen LogP contribution in [0.1, 0.15) is 20.8 Å². The lowest BCUT2D eigenvalue weighted by Gasteiger charge is -2.20. The molecule has 102 valence electrons. The molecule has 19 heavy (non-hydrogen) atoms. The fourth-order valence-corrected chi connectivity index (χ4v) is 2.58. The van der Waals surface area contributed by atoms with E-state index < -0.39 is 0 Å². The van der Waals surface area contributed by atoms with Crippen molar-refractivity contribution in [1.29, 1.82) is 0 Å². The molecule has 2 aromatic heterocycles. The molecule has 2 aromatic rings. The number of hydrogen-bond acceptors (Lipinski definition) is 4. The van der Waals surface area contributed by atoms with E-state index in [4.69, 9.17) is 12.2 Å². The van der Waals surface area contributed by atoms with Crippen LogP contribution < -0.4 is 5.32 Å². The number of H-pyrrole nitrogens is 1. The van der Waals surface area contributed by atoms with Crippen LogP contribution in [0.3, 0.4) is 0 Å². The zero-order valence-corrected chi connectivity index (χ0v) is 12.7. The smallest absolute Gasteiger partial charge is 0.240 e. The normalized spacial score (nSPS) is 11.5. The maximum atomic E-state index is 12.0. The lowest BCUT2D eigenvalue weighted by atomic mass is 10.1. The molecular formula is C12H16N4OS2. The molecule has 0 unspecified atom stereocenters. The Bertz CT molecular complexity index is 619. The molecule has 7 heteroatoms. The van der Waals surface area contributed by atoms with Crippen LogP contribution in [-0.2, 0) is 11.3 Å². The van der Waals surface area contributed by atoms with Gasteiger partial charge in [-0.05, 0) is 44.4 Å². The molecule has 0 bridgehead atoms. The number of rotatable bonds is 3. The number of nitrogens with zero attached hydrogens (tertiary/aromatic N) is 2. The van der Waals surface area contributed by atoms with Gasteiger partial charge in [-0.1, -0.05) is 6.07 Å². The Balaban J connectivity index is 2.24. The van der Waals surface area contributed by atoms with E-state index in [0.717, 1.165) is 4.88 Å². The van der Waals surface area contributed by atoms with E-state index >= 15 is 0 Å². The van der Waals surface area contributed by atoms with E-state index in [9.17, 15) is 4.79 Å². The van der Waals surface area contributed by atoms with Crippen LogP contribution in [0.25, 0.3) is 10.7 Å². The van der Waals surface area contributed by atoms with Gasteiger partial charge in [0.1, 0.15) is 6.54 Å². The minimum Gasteiger partial charge on any atom is -0.350 e. The molecular weight excluding hydrogens is 280 g/mol. The van der Waals surface area contributed by atoms with Gasteiger partial charge in [-0.15, -0.1) is 11.3 Å². The molecule has 0 saturated heterocycles. The number of amides is 1. The summed E-state index contributed by atoms with van der Waals surface area (Å²) in [7, 11) is 0. The average molecular weight is 296 g/mol. The van der Waals surface area contributed by atoms with Gasteiger partial charge in [0.15, 0.2) is 10.6 Å². The van der Waals surface area contributed by atoms with Crippen molar-refractivity contribution in [2.24, 2.45) is 0 Å². The van der Waals surface area contributed by atoms with Crippen LogP contribution in [0.15, 0.2) is 17.5 Å². The quantitative estimate of drug-likeness (QED) is 0.856. The van der Waals surface area contributed by atoms with Crippen molar-refractivity contribution in [3.05, 3.63) is 22.3 Å². The lowest BCUT2D eigenvalue weighted by Crippen LogP contribution is -2.42. The largest absolute Gasteiger partial charge is 0.350 e. The fraction of sp³-hybridized carbons (Fsp3) is 0.417. The molecule has 0 spiro atoms. The van der Waals surface area contributed by atoms with Gasteiger partial charge in [0.25, 0.3) is 0 Å². The number of carbonyl (C=O) groups excluding carboxylic acids is 1. The van der Waals surface area contributed by atoms with Gasteiger partial charge < -0.3 is 5.32 Å². The summed E-state index contributed by atoms with van der Waals surface area (Å²) >= 11 is 6.74. The summed E-state index contributed by atoms with van der Waals surface area (Å²) in [4.78, 5) is 13.0. The highest BCUT2D eigenvalue weighted by Gasteiger charge is 2.17. The predicted molar refractivity (Wildman–Crippen MR) is 78.6 cm³/mol. The SMILES string of the molecule is CC(C)(C)NC(=O)Cn1c(-c2cccs2)n[nH]c1=S. The molecule has 1 amide bonds. The van der Waals surface area contributed by atoms with Gasteiger partial charge in [0.2, 0.25) is 5.91 Å². The third kappa shape index (κ3) is 3.51. The Morgan fingerprint density at radius 3 is 2.89 bits per heavy atom. The van der Waals surface area contributed by atoms with Gasteiger partial charge >= 0.3 is 0 Å². The van der Waals surface area contributed by atoms with Crippen molar-refractivity contribution in [3.8, 4) is 10.7 Å². The summed E-state index contributed by atoms with van der Waals surface area (Å²) in [6, 6.07) is 3.89.